The number of benzene rings is 1. The van der Waals surface area contributed by atoms with Crippen molar-refractivity contribution in [2.75, 3.05) is 18.0 Å². The Balaban J connectivity index is 2.10. The number of anilines is 1. The molecule has 0 N–H and O–H groups in total. The Morgan fingerprint density at radius 1 is 1.26 bits per heavy atom. The average Bonchev–Trinajstić information content (AvgIpc) is 2.37. The molecule has 2 rings (SSSR count). The third kappa shape index (κ3) is 3.57. The zero-order valence-electron chi connectivity index (χ0n) is 10.2. The highest BCUT2D eigenvalue weighted by atomic mass is 79.9. The monoisotopic (exact) mass is 355 g/mol. The van der Waals surface area contributed by atoms with Crippen LogP contribution in [0.3, 0.4) is 0 Å². The van der Waals surface area contributed by atoms with E-state index in [1.165, 1.54) is 0 Å². The van der Waals surface area contributed by atoms with Crippen LogP contribution in [0, 0.1) is 5.92 Å². The first-order valence-corrected chi connectivity index (χ1v) is 7.58. The molecule has 106 valence electrons. The number of nitrogens with zero attached hydrogens (tertiary/aromatic N) is 1. The summed E-state index contributed by atoms with van der Waals surface area (Å²) in [5.41, 5.74) is 1.99. The SMILES string of the molecule is FC(F)(F)C1CCN(c2ccc(Cl)cc2CBr)CC1. The summed E-state index contributed by atoms with van der Waals surface area (Å²) in [4.78, 5) is 2.01. The van der Waals surface area contributed by atoms with Gasteiger partial charge in [-0.25, -0.2) is 0 Å². The minimum absolute atomic E-state index is 0.161. The summed E-state index contributed by atoms with van der Waals surface area (Å²) < 4.78 is 37.9. The van der Waals surface area contributed by atoms with Crippen LogP contribution in [0.4, 0.5) is 18.9 Å². The maximum Gasteiger partial charge on any atom is 0.391 e. The van der Waals surface area contributed by atoms with Gasteiger partial charge in [0.25, 0.3) is 0 Å². The fraction of sp³-hybridized carbons (Fsp3) is 0.538. The molecule has 0 saturated carbocycles. The summed E-state index contributed by atoms with van der Waals surface area (Å²) in [5, 5.41) is 1.28. The average molecular weight is 357 g/mol. The molecule has 0 atom stereocenters. The van der Waals surface area contributed by atoms with Gasteiger partial charge in [0, 0.05) is 29.1 Å². The van der Waals surface area contributed by atoms with E-state index in [1.807, 2.05) is 17.0 Å². The summed E-state index contributed by atoms with van der Waals surface area (Å²) in [7, 11) is 0. The number of alkyl halides is 4. The van der Waals surface area contributed by atoms with Gasteiger partial charge in [0.2, 0.25) is 0 Å². The smallest absolute Gasteiger partial charge is 0.371 e. The Labute approximate surface area is 123 Å². The Morgan fingerprint density at radius 3 is 2.42 bits per heavy atom. The number of hydrogen-bond acceptors (Lipinski definition) is 1. The van der Waals surface area contributed by atoms with E-state index in [2.05, 4.69) is 15.9 Å². The highest BCUT2D eigenvalue weighted by Crippen LogP contribution is 2.36. The predicted octanol–water partition coefficient (Wildman–Crippen LogP) is 5.01. The van der Waals surface area contributed by atoms with Gasteiger partial charge >= 0.3 is 6.18 Å². The lowest BCUT2D eigenvalue weighted by atomic mass is 9.95. The van der Waals surface area contributed by atoms with Crippen molar-refractivity contribution in [2.45, 2.75) is 24.3 Å². The molecule has 0 aliphatic carbocycles. The van der Waals surface area contributed by atoms with Crippen LogP contribution in [0.5, 0.6) is 0 Å². The Bertz CT molecular complexity index is 442. The molecule has 6 heteroatoms. The third-order valence-corrected chi connectivity index (χ3v) is 4.32. The highest BCUT2D eigenvalue weighted by Gasteiger charge is 2.41. The Morgan fingerprint density at radius 2 is 1.89 bits per heavy atom. The van der Waals surface area contributed by atoms with Crippen LogP contribution < -0.4 is 4.90 Å². The van der Waals surface area contributed by atoms with E-state index in [1.54, 1.807) is 6.07 Å². The topological polar surface area (TPSA) is 3.24 Å². The molecule has 0 bridgehead atoms. The minimum atomic E-state index is -4.07. The van der Waals surface area contributed by atoms with Gasteiger partial charge in [-0.3, -0.25) is 0 Å². The zero-order chi connectivity index (χ0) is 14.0. The Kier molecular flexibility index (Phi) is 4.66. The van der Waals surface area contributed by atoms with Crippen molar-refractivity contribution in [1.82, 2.24) is 0 Å². The molecular weight excluding hydrogens is 343 g/mol. The van der Waals surface area contributed by atoms with Crippen LogP contribution in [0.25, 0.3) is 0 Å². The molecule has 0 spiro atoms. The quantitative estimate of drug-likeness (QED) is 0.673. The summed E-state index contributed by atoms with van der Waals surface area (Å²) in [5.74, 6) is -1.16. The second-order valence-electron chi connectivity index (χ2n) is 4.71. The van der Waals surface area contributed by atoms with E-state index in [0.717, 1.165) is 11.3 Å². The molecule has 1 aliphatic rings. The fourth-order valence-corrected chi connectivity index (χ4v) is 3.06. The molecule has 1 aromatic rings. The van der Waals surface area contributed by atoms with E-state index in [0.29, 0.717) is 23.4 Å². The van der Waals surface area contributed by atoms with Crippen LogP contribution in [0.2, 0.25) is 5.02 Å². The predicted molar refractivity (Wildman–Crippen MR) is 75.1 cm³/mol. The summed E-state index contributed by atoms with van der Waals surface area (Å²) in [6, 6.07) is 5.51. The summed E-state index contributed by atoms with van der Waals surface area (Å²) in [6.07, 6.45) is -3.74. The van der Waals surface area contributed by atoms with E-state index in [-0.39, 0.29) is 12.8 Å². The van der Waals surface area contributed by atoms with Gasteiger partial charge in [-0.1, -0.05) is 27.5 Å². The first-order valence-electron chi connectivity index (χ1n) is 6.08. The number of piperidine rings is 1. The molecule has 1 nitrogen and oxygen atoms in total. The third-order valence-electron chi connectivity index (χ3n) is 3.48. The van der Waals surface area contributed by atoms with E-state index in [4.69, 9.17) is 11.6 Å². The van der Waals surface area contributed by atoms with Crippen molar-refractivity contribution in [3.8, 4) is 0 Å². The van der Waals surface area contributed by atoms with Crippen molar-refractivity contribution in [2.24, 2.45) is 5.92 Å². The molecule has 1 fully saturated rings. The molecule has 19 heavy (non-hydrogen) atoms. The summed E-state index contributed by atoms with van der Waals surface area (Å²) in [6.45, 7) is 0.873. The van der Waals surface area contributed by atoms with Gasteiger partial charge in [-0.15, -0.1) is 0 Å². The second-order valence-corrected chi connectivity index (χ2v) is 5.71. The van der Waals surface area contributed by atoms with Crippen molar-refractivity contribution >= 4 is 33.2 Å². The lowest BCUT2D eigenvalue weighted by Crippen LogP contribution is -2.39. The number of hydrogen-bond donors (Lipinski definition) is 0. The van der Waals surface area contributed by atoms with Gasteiger partial charge < -0.3 is 4.90 Å². The minimum Gasteiger partial charge on any atom is -0.371 e. The van der Waals surface area contributed by atoms with Crippen molar-refractivity contribution in [3.05, 3.63) is 28.8 Å². The maximum atomic E-state index is 12.6. The molecule has 0 aromatic heterocycles. The molecular formula is C13H14BrClF3N. The molecule has 0 radical (unpaired) electrons. The van der Waals surface area contributed by atoms with Crippen LogP contribution >= 0.6 is 27.5 Å². The van der Waals surface area contributed by atoms with Gasteiger partial charge in [0.05, 0.1) is 5.92 Å². The molecule has 1 aromatic carbocycles. The van der Waals surface area contributed by atoms with Crippen LogP contribution in [0.1, 0.15) is 18.4 Å². The second kappa shape index (κ2) is 5.92. The number of halogens is 5. The van der Waals surface area contributed by atoms with Gasteiger partial charge in [-0.05, 0) is 36.6 Å². The van der Waals surface area contributed by atoms with Crippen molar-refractivity contribution in [3.63, 3.8) is 0 Å². The highest BCUT2D eigenvalue weighted by molar-refractivity contribution is 9.08. The first-order chi connectivity index (χ1) is 8.91. The molecule has 1 heterocycles. The van der Waals surface area contributed by atoms with Crippen molar-refractivity contribution < 1.29 is 13.2 Å². The molecule has 1 saturated heterocycles. The Hall–Kier alpha value is -0.420. The van der Waals surface area contributed by atoms with Crippen LogP contribution in [-0.2, 0) is 5.33 Å². The largest absolute Gasteiger partial charge is 0.391 e. The molecule has 0 unspecified atom stereocenters. The van der Waals surface area contributed by atoms with E-state index >= 15 is 0 Å². The maximum absolute atomic E-state index is 12.6. The van der Waals surface area contributed by atoms with Gasteiger partial charge in [0.15, 0.2) is 0 Å². The van der Waals surface area contributed by atoms with Gasteiger partial charge in [0.1, 0.15) is 0 Å². The normalized spacial score (nSPS) is 17.8. The molecule has 0 amide bonds. The lowest BCUT2D eigenvalue weighted by molar-refractivity contribution is -0.179. The standard InChI is InChI=1S/C13H14BrClF3N/c14-8-9-7-11(15)1-2-12(9)19-5-3-10(4-6-19)13(16,17)18/h1-2,7,10H,3-6,8H2. The fourth-order valence-electron chi connectivity index (χ4n) is 2.42. The number of rotatable bonds is 2. The van der Waals surface area contributed by atoms with Gasteiger partial charge in [-0.2, -0.15) is 13.2 Å². The lowest BCUT2D eigenvalue weighted by Gasteiger charge is -2.35. The first kappa shape index (κ1) is 15.0. The van der Waals surface area contributed by atoms with Crippen molar-refractivity contribution in [1.29, 1.82) is 0 Å². The zero-order valence-corrected chi connectivity index (χ0v) is 12.5. The summed E-state index contributed by atoms with van der Waals surface area (Å²) >= 11 is 9.32. The van der Waals surface area contributed by atoms with E-state index < -0.39 is 12.1 Å². The van der Waals surface area contributed by atoms with Crippen LogP contribution in [-0.4, -0.2) is 19.3 Å². The van der Waals surface area contributed by atoms with E-state index in [9.17, 15) is 13.2 Å². The molecule has 1 aliphatic heterocycles. The van der Waals surface area contributed by atoms with Crippen LogP contribution in [0.15, 0.2) is 18.2 Å².